The molecule has 4 nitrogen and oxygen atoms in total. The van der Waals surface area contributed by atoms with E-state index in [1.807, 2.05) is 0 Å². The van der Waals surface area contributed by atoms with Crippen molar-refractivity contribution in [3.8, 4) is 0 Å². The molecule has 2 fully saturated rings. The van der Waals surface area contributed by atoms with Gasteiger partial charge in [-0.2, -0.15) is 0 Å². The number of amides is 1. The van der Waals surface area contributed by atoms with Gasteiger partial charge in [-0.3, -0.25) is 9.59 Å². The van der Waals surface area contributed by atoms with Crippen molar-refractivity contribution in [3.63, 3.8) is 0 Å². The van der Waals surface area contributed by atoms with Crippen LogP contribution in [0.5, 0.6) is 0 Å². The Hall–Kier alpha value is -1.06. The van der Waals surface area contributed by atoms with Crippen LogP contribution in [0.4, 0.5) is 0 Å². The van der Waals surface area contributed by atoms with Gasteiger partial charge in [0.25, 0.3) is 0 Å². The fourth-order valence-electron chi connectivity index (χ4n) is 2.69. The highest BCUT2D eigenvalue weighted by Gasteiger charge is 2.45. The lowest BCUT2D eigenvalue weighted by atomic mass is 9.92. The summed E-state index contributed by atoms with van der Waals surface area (Å²) < 4.78 is 0. The minimum Gasteiger partial charge on any atom is -0.481 e. The van der Waals surface area contributed by atoms with Crippen LogP contribution in [-0.4, -0.2) is 34.5 Å². The van der Waals surface area contributed by atoms with E-state index in [9.17, 15) is 14.7 Å². The van der Waals surface area contributed by atoms with E-state index >= 15 is 0 Å². The summed E-state index contributed by atoms with van der Waals surface area (Å²) in [6, 6.07) is -0.0486. The Kier molecular flexibility index (Phi) is 2.67. The number of carboxylic acid groups (broad SMARTS) is 1. The molecule has 2 atom stereocenters. The zero-order valence-electron chi connectivity index (χ0n) is 8.98. The number of hydrogen-bond donors (Lipinski definition) is 1. The molecule has 2 rings (SSSR count). The molecule has 1 saturated heterocycles. The maximum Gasteiger partial charge on any atom is 0.308 e. The highest BCUT2D eigenvalue weighted by Crippen LogP contribution is 2.42. The molecule has 4 heteroatoms. The molecule has 1 amide bonds. The highest BCUT2D eigenvalue weighted by molar-refractivity contribution is 5.77. The highest BCUT2D eigenvalue weighted by atomic mass is 16.4. The summed E-state index contributed by atoms with van der Waals surface area (Å²) in [5.41, 5.74) is 0. The number of carbonyl (C=O) groups excluding carboxylic acids is 1. The number of hydrogen-bond acceptors (Lipinski definition) is 2. The van der Waals surface area contributed by atoms with Gasteiger partial charge in [0.1, 0.15) is 0 Å². The SMILES string of the molecule is CC(=O)N1CCCC1C(C(=O)O)C1CC1. The Balaban J connectivity index is 2.12. The minimum absolute atomic E-state index is 0.0180. The van der Waals surface area contributed by atoms with E-state index in [-0.39, 0.29) is 17.9 Å². The van der Waals surface area contributed by atoms with Crippen LogP contribution in [0.3, 0.4) is 0 Å². The van der Waals surface area contributed by atoms with E-state index in [2.05, 4.69) is 0 Å². The molecular weight excluding hydrogens is 194 g/mol. The Bertz CT molecular complexity index is 286. The maximum absolute atomic E-state index is 11.4. The van der Waals surface area contributed by atoms with Crippen LogP contribution in [0.1, 0.15) is 32.6 Å². The Labute approximate surface area is 89.3 Å². The molecule has 1 heterocycles. The predicted molar refractivity (Wildman–Crippen MR) is 54.3 cm³/mol. The molecular formula is C11H17NO3. The quantitative estimate of drug-likeness (QED) is 0.760. The van der Waals surface area contributed by atoms with Gasteiger partial charge >= 0.3 is 5.97 Å². The van der Waals surface area contributed by atoms with Crippen molar-refractivity contribution in [1.82, 2.24) is 4.90 Å². The summed E-state index contributed by atoms with van der Waals surface area (Å²) in [6.07, 6.45) is 3.83. The monoisotopic (exact) mass is 211 g/mol. The summed E-state index contributed by atoms with van der Waals surface area (Å²) in [5.74, 6) is -0.719. The van der Waals surface area contributed by atoms with Crippen LogP contribution in [-0.2, 0) is 9.59 Å². The lowest BCUT2D eigenvalue weighted by molar-refractivity contribution is -0.146. The van der Waals surface area contributed by atoms with Gasteiger partial charge in [0.2, 0.25) is 5.91 Å². The first-order chi connectivity index (χ1) is 7.11. The summed E-state index contributed by atoms with van der Waals surface area (Å²) in [6.45, 7) is 2.26. The average molecular weight is 211 g/mol. The first-order valence-electron chi connectivity index (χ1n) is 5.61. The Morgan fingerprint density at radius 1 is 1.33 bits per heavy atom. The van der Waals surface area contributed by atoms with Gasteiger partial charge in [-0.05, 0) is 31.6 Å². The fourth-order valence-corrected chi connectivity index (χ4v) is 2.69. The standard InChI is InChI=1S/C11H17NO3/c1-7(13)12-6-2-3-9(12)10(11(14)15)8-4-5-8/h8-10H,2-6H2,1H3,(H,14,15). The number of carbonyl (C=O) groups is 2. The molecule has 0 aromatic carbocycles. The summed E-state index contributed by atoms with van der Waals surface area (Å²) in [4.78, 5) is 24.3. The van der Waals surface area contributed by atoms with E-state index in [4.69, 9.17) is 0 Å². The predicted octanol–water partition coefficient (Wildman–Crippen LogP) is 1.11. The average Bonchev–Trinajstić information content (AvgIpc) is 2.82. The zero-order valence-corrected chi connectivity index (χ0v) is 8.98. The first kappa shape index (κ1) is 10.5. The molecule has 0 radical (unpaired) electrons. The molecule has 1 N–H and O–H groups in total. The van der Waals surface area contributed by atoms with E-state index in [0.29, 0.717) is 5.92 Å². The van der Waals surface area contributed by atoms with Crippen molar-refractivity contribution in [2.75, 3.05) is 6.54 Å². The van der Waals surface area contributed by atoms with Crippen molar-refractivity contribution in [1.29, 1.82) is 0 Å². The fraction of sp³-hybridized carbons (Fsp3) is 0.818. The van der Waals surface area contributed by atoms with Gasteiger partial charge in [0.15, 0.2) is 0 Å². The first-order valence-corrected chi connectivity index (χ1v) is 5.61. The van der Waals surface area contributed by atoms with Crippen molar-refractivity contribution >= 4 is 11.9 Å². The third-order valence-corrected chi connectivity index (χ3v) is 3.53. The second kappa shape index (κ2) is 3.83. The van der Waals surface area contributed by atoms with Crippen molar-refractivity contribution in [3.05, 3.63) is 0 Å². The largest absolute Gasteiger partial charge is 0.481 e. The topological polar surface area (TPSA) is 57.6 Å². The van der Waals surface area contributed by atoms with E-state index in [1.54, 1.807) is 4.90 Å². The van der Waals surface area contributed by atoms with Crippen LogP contribution in [0.25, 0.3) is 0 Å². The number of likely N-dealkylation sites (tertiary alicyclic amines) is 1. The van der Waals surface area contributed by atoms with E-state index in [1.165, 1.54) is 6.92 Å². The second-order valence-electron chi connectivity index (χ2n) is 4.62. The van der Waals surface area contributed by atoms with Crippen LogP contribution >= 0.6 is 0 Å². The van der Waals surface area contributed by atoms with E-state index < -0.39 is 5.97 Å². The molecule has 2 aliphatic rings. The zero-order chi connectivity index (χ0) is 11.0. The third-order valence-electron chi connectivity index (χ3n) is 3.53. The normalized spacial score (nSPS) is 27.8. The third kappa shape index (κ3) is 1.98. The summed E-state index contributed by atoms with van der Waals surface area (Å²) in [5, 5.41) is 9.21. The Morgan fingerprint density at radius 2 is 2.00 bits per heavy atom. The lowest BCUT2D eigenvalue weighted by Gasteiger charge is -2.28. The molecule has 1 aliphatic heterocycles. The van der Waals surface area contributed by atoms with Gasteiger partial charge < -0.3 is 10.0 Å². The van der Waals surface area contributed by atoms with Crippen molar-refractivity contribution in [2.24, 2.45) is 11.8 Å². The molecule has 0 aromatic rings. The number of aliphatic carboxylic acids is 1. The van der Waals surface area contributed by atoms with Crippen LogP contribution in [0.2, 0.25) is 0 Å². The minimum atomic E-state index is -0.726. The molecule has 84 valence electrons. The maximum atomic E-state index is 11.4. The molecule has 0 spiro atoms. The summed E-state index contributed by atoms with van der Waals surface area (Å²) in [7, 11) is 0. The van der Waals surface area contributed by atoms with Crippen molar-refractivity contribution < 1.29 is 14.7 Å². The molecule has 0 bridgehead atoms. The van der Waals surface area contributed by atoms with Crippen molar-refractivity contribution in [2.45, 2.75) is 38.6 Å². The van der Waals surface area contributed by atoms with Crippen LogP contribution in [0.15, 0.2) is 0 Å². The molecule has 15 heavy (non-hydrogen) atoms. The smallest absolute Gasteiger partial charge is 0.308 e. The Morgan fingerprint density at radius 3 is 2.47 bits per heavy atom. The van der Waals surface area contributed by atoms with Crippen LogP contribution in [0, 0.1) is 11.8 Å². The van der Waals surface area contributed by atoms with Crippen LogP contribution < -0.4 is 0 Å². The number of rotatable bonds is 3. The molecule has 1 saturated carbocycles. The molecule has 2 unspecified atom stereocenters. The molecule has 1 aliphatic carbocycles. The number of carboxylic acids is 1. The molecule has 0 aromatic heterocycles. The van der Waals surface area contributed by atoms with Gasteiger partial charge in [0, 0.05) is 19.5 Å². The van der Waals surface area contributed by atoms with Gasteiger partial charge in [0.05, 0.1) is 5.92 Å². The second-order valence-corrected chi connectivity index (χ2v) is 4.62. The number of nitrogens with zero attached hydrogens (tertiary/aromatic N) is 1. The van der Waals surface area contributed by atoms with Gasteiger partial charge in [-0.15, -0.1) is 0 Å². The summed E-state index contributed by atoms with van der Waals surface area (Å²) >= 11 is 0. The van der Waals surface area contributed by atoms with Gasteiger partial charge in [-0.25, -0.2) is 0 Å². The lowest BCUT2D eigenvalue weighted by Crippen LogP contribution is -2.42. The van der Waals surface area contributed by atoms with E-state index in [0.717, 1.165) is 32.2 Å². The van der Waals surface area contributed by atoms with Gasteiger partial charge in [-0.1, -0.05) is 0 Å².